The lowest BCUT2D eigenvalue weighted by Gasteiger charge is -2.19. The van der Waals surface area contributed by atoms with Crippen LogP contribution in [0.5, 0.6) is 0 Å². The predicted octanol–water partition coefficient (Wildman–Crippen LogP) is 3.86. The van der Waals surface area contributed by atoms with E-state index in [4.69, 9.17) is 0 Å². The van der Waals surface area contributed by atoms with Gasteiger partial charge in [0.15, 0.2) is 0 Å². The molecule has 100 valence electrons. The van der Waals surface area contributed by atoms with Crippen molar-refractivity contribution in [3.63, 3.8) is 0 Å². The highest BCUT2D eigenvalue weighted by atomic mass is 16.2. The molecule has 0 saturated heterocycles. The van der Waals surface area contributed by atoms with E-state index < -0.39 is 5.41 Å². The lowest BCUT2D eigenvalue weighted by Crippen LogP contribution is -2.32. The molecule has 0 aromatic heterocycles. The van der Waals surface area contributed by atoms with Gasteiger partial charge in [0.2, 0.25) is 5.91 Å². The van der Waals surface area contributed by atoms with Crippen LogP contribution in [-0.2, 0) is 4.79 Å². The van der Waals surface area contributed by atoms with Gasteiger partial charge < -0.3 is 5.32 Å². The zero-order valence-electron chi connectivity index (χ0n) is 11.2. The normalized spacial score (nSPS) is 16.8. The number of rotatable bonds is 2. The van der Waals surface area contributed by atoms with E-state index in [1.54, 1.807) is 0 Å². The second-order valence-corrected chi connectivity index (χ2v) is 5.42. The molecule has 0 bridgehead atoms. The van der Waals surface area contributed by atoms with Crippen molar-refractivity contribution in [1.82, 2.24) is 0 Å². The molecule has 2 aromatic rings. The van der Waals surface area contributed by atoms with Crippen LogP contribution >= 0.6 is 0 Å². The average molecular weight is 264 g/mol. The molecule has 0 aliphatic heterocycles. The summed E-state index contributed by atoms with van der Waals surface area (Å²) in [6.07, 6.45) is 3.25. The molecule has 1 fully saturated rings. The van der Waals surface area contributed by atoms with Gasteiger partial charge in [-0.25, -0.2) is 0 Å². The Morgan fingerprint density at radius 2 is 1.80 bits per heavy atom. The molecule has 1 aliphatic rings. The molecule has 20 heavy (non-hydrogen) atoms. The summed E-state index contributed by atoms with van der Waals surface area (Å²) in [5, 5.41) is 14.5. The number of amides is 1. The molecule has 2 aromatic carbocycles. The first-order valence-corrected chi connectivity index (χ1v) is 6.95. The minimum absolute atomic E-state index is 0.159. The van der Waals surface area contributed by atoms with Gasteiger partial charge in [0, 0.05) is 5.69 Å². The van der Waals surface area contributed by atoms with Gasteiger partial charge in [0.1, 0.15) is 5.41 Å². The molecule has 1 N–H and O–H groups in total. The monoisotopic (exact) mass is 264 g/mol. The maximum atomic E-state index is 12.4. The van der Waals surface area contributed by atoms with E-state index in [2.05, 4.69) is 11.4 Å². The second-order valence-electron chi connectivity index (χ2n) is 5.42. The Hall–Kier alpha value is -2.34. The van der Waals surface area contributed by atoms with Gasteiger partial charge in [-0.05, 0) is 35.7 Å². The zero-order chi connectivity index (χ0) is 14.0. The van der Waals surface area contributed by atoms with E-state index in [-0.39, 0.29) is 5.91 Å². The topological polar surface area (TPSA) is 52.9 Å². The van der Waals surface area contributed by atoms with E-state index in [1.165, 1.54) is 0 Å². The van der Waals surface area contributed by atoms with Crippen LogP contribution in [0.1, 0.15) is 25.7 Å². The molecule has 1 saturated carbocycles. The van der Waals surface area contributed by atoms with Crippen molar-refractivity contribution in [3.05, 3.63) is 42.5 Å². The molecule has 0 unspecified atom stereocenters. The Kier molecular flexibility index (Phi) is 3.15. The SMILES string of the molecule is N#CC1(C(=O)Nc2ccc3ccccc3c2)CCCC1. The van der Waals surface area contributed by atoms with Crippen LogP contribution in [0.2, 0.25) is 0 Å². The minimum Gasteiger partial charge on any atom is -0.325 e. The van der Waals surface area contributed by atoms with Gasteiger partial charge in [-0.1, -0.05) is 43.2 Å². The maximum Gasteiger partial charge on any atom is 0.244 e. The first kappa shape index (κ1) is 12.7. The van der Waals surface area contributed by atoms with Crippen molar-refractivity contribution in [2.75, 3.05) is 5.32 Å². The smallest absolute Gasteiger partial charge is 0.244 e. The summed E-state index contributed by atoms with van der Waals surface area (Å²) in [7, 11) is 0. The third kappa shape index (κ3) is 2.14. The summed E-state index contributed by atoms with van der Waals surface area (Å²) in [6, 6.07) is 16.1. The number of nitrogens with zero attached hydrogens (tertiary/aromatic N) is 1. The number of nitriles is 1. The van der Waals surface area contributed by atoms with E-state index in [0.29, 0.717) is 12.8 Å². The van der Waals surface area contributed by atoms with Crippen molar-refractivity contribution in [3.8, 4) is 6.07 Å². The van der Waals surface area contributed by atoms with Gasteiger partial charge >= 0.3 is 0 Å². The van der Waals surface area contributed by atoms with E-state index in [1.807, 2.05) is 42.5 Å². The van der Waals surface area contributed by atoms with Gasteiger partial charge in [-0.2, -0.15) is 5.26 Å². The van der Waals surface area contributed by atoms with Crippen LogP contribution in [-0.4, -0.2) is 5.91 Å². The molecule has 0 radical (unpaired) electrons. The first-order valence-electron chi connectivity index (χ1n) is 6.95. The summed E-state index contributed by atoms with van der Waals surface area (Å²) in [5.74, 6) is -0.159. The zero-order valence-corrected chi connectivity index (χ0v) is 11.2. The Balaban J connectivity index is 1.86. The second kappa shape index (κ2) is 4.97. The number of benzene rings is 2. The molecular formula is C17H16N2O. The van der Waals surface area contributed by atoms with Crippen molar-refractivity contribution in [2.45, 2.75) is 25.7 Å². The maximum absolute atomic E-state index is 12.4. The van der Waals surface area contributed by atoms with Gasteiger partial charge in [0.05, 0.1) is 6.07 Å². The predicted molar refractivity (Wildman–Crippen MR) is 79.1 cm³/mol. The van der Waals surface area contributed by atoms with Crippen LogP contribution in [0.25, 0.3) is 10.8 Å². The number of hydrogen-bond acceptors (Lipinski definition) is 2. The Bertz CT molecular complexity index is 693. The Morgan fingerprint density at radius 3 is 2.50 bits per heavy atom. The summed E-state index contributed by atoms with van der Waals surface area (Å²) >= 11 is 0. The summed E-state index contributed by atoms with van der Waals surface area (Å²) in [5.41, 5.74) is -0.0683. The number of hydrogen-bond donors (Lipinski definition) is 1. The van der Waals surface area contributed by atoms with Crippen LogP contribution in [0.15, 0.2) is 42.5 Å². The highest BCUT2D eigenvalue weighted by molar-refractivity contribution is 5.99. The quantitative estimate of drug-likeness (QED) is 0.895. The number of carbonyl (C=O) groups is 1. The van der Waals surface area contributed by atoms with E-state index in [0.717, 1.165) is 29.3 Å². The first-order chi connectivity index (χ1) is 9.73. The van der Waals surface area contributed by atoms with Gasteiger partial charge in [-0.3, -0.25) is 4.79 Å². The lowest BCUT2D eigenvalue weighted by atomic mass is 9.87. The van der Waals surface area contributed by atoms with Crippen LogP contribution in [0.4, 0.5) is 5.69 Å². The van der Waals surface area contributed by atoms with E-state index >= 15 is 0 Å². The third-order valence-electron chi connectivity index (χ3n) is 4.11. The van der Waals surface area contributed by atoms with Crippen LogP contribution in [0, 0.1) is 16.7 Å². The minimum atomic E-state index is -0.828. The fraction of sp³-hybridized carbons (Fsp3) is 0.294. The molecule has 3 nitrogen and oxygen atoms in total. The highest BCUT2D eigenvalue weighted by Crippen LogP contribution is 2.38. The number of nitrogens with one attached hydrogen (secondary N) is 1. The van der Waals surface area contributed by atoms with Gasteiger partial charge in [-0.15, -0.1) is 0 Å². The van der Waals surface area contributed by atoms with Gasteiger partial charge in [0.25, 0.3) is 0 Å². The molecule has 3 rings (SSSR count). The fourth-order valence-electron chi connectivity index (χ4n) is 2.89. The molecule has 3 heteroatoms. The van der Waals surface area contributed by atoms with Crippen LogP contribution in [0.3, 0.4) is 0 Å². The van der Waals surface area contributed by atoms with Crippen molar-refractivity contribution < 1.29 is 4.79 Å². The largest absolute Gasteiger partial charge is 0.325 e. The van der Waals surface area contributed by atoms with Crippen molar-refractivity contribution >= 4 is 22.4 Å². The number of fused-ring (bicyclic) bond motifs is 1. The number of anilines is 1. The van der Waals surface area contributed by atoms with E-state index in [9.17, 15) is 10.1 Å². The molecule has 0 spiro atoms. The summed E-state index contributed by atoms with van der Waals surface area (Å²) in [6.45, 7) is 0. The highest BCUT2D eigenvalue weighted by Gasteiger charge is 2.41. The standard InChI is InChI=1S/C17H16N2O/c18-12-17(9-3-4-10-17)16(20)19-15-8-7-13-5-1-2-6-14(13)11-15/h1-2,5-8,11H,3-4,9-10H2,(H,19,20). The lowest BCUT2D eigenvalue weighted by molar-refractivity contribution is -0.122. The Labute approximate surface area is 118 Å². The average Bonchev–Trinajstić information content (AvgIpc) is 2.97. The molecule has 0 heterocycles. The van der Waals surface area contributed by atoms with Crippen molar-refractivity contribution in [2.24, 2.45) is 5.41 Å². The molecule has 1 amide bonds. The fourth-order valence-corrected chi connectivity index (χ4v) is 2.89. The molecule has 1 aliphatic carbocycles. The Morgan fingerprint density at radius 1 is 1.10 bits per heavy atom. The molecule has 0 atom stereocenters. The third-order valence-corrected chi connectivity index (χ3v) is 4.11. The molecular weight excluding hydrogens is 248 g/mol. The summed E-state index contributed by atoms with van der Waals surface area (Å²) < 4.78 is 0. The van der Waals surface area contributed by atoms with Crippen LogP contribution < -0.4 is 5.32 Å². The number of carbonyl (C=O) groups excluding carboxylic acids is 1. The summed E-state index contributed by atoms with van der Waals surface area (Å²) in [4.78, 5) is 12.4. The van der Waals surface area contributed by atoms with Crippen molar-refractivity contribution in [1.29, 1.82) is 5.26 Å².